The summed E-state index contributed by atoms with van der Waals surface area (Å²) in [5.74, 6) is 0.537. The van der Waals surface area contributed by atoms with E-state index >= 15 is 0 Å². The second-order valence-corrected chi connectivity index (χ2v) is 7.31. The molecule has 0 spiro atoms. The fourth-order valence-corrected chi connectivity index (χ4v) is 2.63. The SMILES string of the molecule is COc1ccc(CN[C@H](CC(=O)OC(C)(C)C)c2ccc(C#N)cc2)cc1. The Morgan fingerprint density at radius 2 is 1.74 bits per heavy atom. The Labute approximate surface area is 160 Å². The minimum absolute atomic E-state index is 0.208. The number of hydrogen-bond donors (Lipinski definition) is 1. The average molecular weight is 366 g/mol. The van der Waals surface area contributed by atoms with Crippen LogP contribution in [0.15, 0.2) is 48.5 Å². The number of nitriles is 1. The van der Waals surface area contributed by atoms with Crippen LogP contribution in [0, 0.1) is 11.3 Å². The van der Waals surface area contributed by atoms with Gasteiger partial charge in [0.25, 0.3) is 0 Å². The van der Waals surface area contributed by atoms with Crippen LogP contribution in [0.2, 0.25) is 0 Å². The quantitative estimate of drug-likeness (QED) is 0.746. The zero-order chi connectivity index (χ0) is 19.9. The Morgan fingerprint density at radius 1 is 1.11 bits per heavy atom. The Morgan fingerprint density at radius 3 is 2.26 bits per heavy atom. The van der Waals surface area contributed by atoms with Crippen LogP contribution in [0.5, 0.6) is 5.75 Å². The fourth-order valence-electron chi connectivity index (χ4n) is 2.63. The Balaban J connectivity index is 2.12. The molecule has 2 aromatic carbocycles. The summed E-state index contributed by atoms with van der Waals surface area (Å²) >= 11 is 0. The molecule has 0 saturated heterocycles. The third kappa shape index (κ3) is 6.76. The zero-order valence-electron chi connectivity index (χ0n) is 16.3. The van der Waals surface area contributed by atoms with Gasteiger partial charge < -0.3 is 14.8 Å². The Kier molecular flexibility index (Phi) is 6.98. The molecule has 0 bridgehead atoms. The van der Waals surface area contributed by atoms with Crippen LogP contribution in [0.25, 0.3) is 0 Å². The van der Waals surface area contributed by atoms with Crippen LogP contribution >= 0.6 is 0 Å². The van der Waals surface area contributed by atoms with Crippen molar-refractivity contribution >= 4 is 5.97 Å². The van der Waals surface area contributed by atoms with Gasteiger partial charge in [-0.05, 0) is 56.2 Å². The van der Waals surface area contributed by atoms with Gasteiger partial charge in [-0.3, -0.25) is 4.79 Å². The summed E-state index contributed by atoms with van der Waals surface area (Å²) in [6, 6.07) is 16.9. The maximum Gasteiger partial charge on any atom is 0.308 e. The molecule has 0 amide bonds. The minimum Gasteiger partial charge on any atom is -0.497 e. The maximum atomic E-state index is 12.3. The van der Waals surface area contributed by atoms with Gasteiger partial charge in [-0.15, -0.1) is 0 Å². The predicted octanol–water partition coefficient (Wildman–Crippen LogP) is 4.13. The van der Waals surface area contributed by atoms with E-state index < -0.39 is 5.60 Å². The standard InChI is InChI=1S/C22H26N2O3/c1-22(2,3)27-21(25)13-20(18-9-5-16(14-23)6-10-18)24-15-17-7-11-19(26-4)12-8-17/h5-12,20,24H,13,15H2,1-4H3/t20-/m1/s1. The number of hydrogen-bond acceptors (Lipinski definition) is 5. The van der Waals surface area contributed by atoms with E-state index in [1.165, 1.54) is 0 Å². The molecule has 0 unspecified atom stereocenters. The molecule has 0 fully saturated rings. The molecular formula is C22H26N2O3. The van der Waals surface area contributed by atoms with Crippen LogP contribution in [0.1, 0.15) is 49.9 Å². The summed E-state index contributed by atoms with van der Waals surface area (Å²) in [5, 5.41) is 12.4. The number of nitrogens with zero attached hydrogens (tertiary/aromatic N) is 1. The van der Waals surface area contributed by atoms with Gasteiger partial charge >= 0.3 is 5.97 Å². The van der Waals surface area contributed by atoms with Gasteiger partial charge in [0.05, 0.1) is 25.2 Å². The van der Waals surface area contributed by atoms with E-state index in [4.69, 9.17) is 14.7 Å². The first-order valence-corrected chi connectivity index (χ1v) is 8.89. The molecular weight excluding hydrogens is 340 g/mol. The normalized spacial score (nSPS) is 12.1. The van der Waals surface area contributed by atoms with Gasteiger partial charge in [0.1, 0.15) is 11.4 Å². The first-order chi connectivity index (χ1) is 12.8. The van der Waals surface area contributed by atoms with E-state index in [1.54, 1.807) is 19.2 Å². The number of nitrogens with one attached hydrogen (secondary N) is 1. The molecule has 5 nitrogen and oxygen atoms in total. The highest BCUT2D eigenvalue weighted by atomic mass is 16.6. The molecule has 0 heterocycles. The molecule has 142 valence electrons. The highest BCUT2D eigenvalue weighted by Crippen LogP contribution is 2.21. The molecule has 1 N–H and O–H groups in total. The van der Waals surface area contributed by atoms with Crippen molar-refractivity contribution in [2.75, 3.05) is 7.11 Å². The molecule has 0 radical (unpaired) electrons. The first kappa shape index (κ1) is 20.5. The van der Waals surface area contributed by atoms with Crippen LogP contribution in [0.3, 0.4) is 0 Å². The molecule has 0 saturated carbocycles. The molecule has 2 aromatic rings. The van der Waals surface area contributed by atoms with Crippen LogP contribution < -0.4 is 10.1 Å². The van der Waals surface area contributed by atoms with Crippen molar-refractivity contribution in [3.05, 3.63) is 65.2 Å². The molecule has 27 heavy (non-hydrogen) atoms. The number of ether oxygens (including phenoxy) is 2. The van der Waals surface area contributed by atoms with Gasteiger partial charge in [-0.1, -0.05) is 24.3 Å². The smallest absolute Gasteiger partial charge is 0.308 e. The fraction of sp³-hybridized carbons (Fsp3) is 0.364. The molecule has 5 heteroatoms. The van der Waals surface area contributed by atoms with Crippen molar-refractivity contribution in [2.24, 2.45) is 0 Å². The first-order valence-electron chi connectivity index (χ1n) is 8.89. The van der Waals surface area contributed by atoms with E-state index in [0.29, 0.717) is 12.1 Å². The second-order valence-electron chi connectivity index (χ2n) is 7.31. The highest BCUT2D eigenvalue weighted by molar-refractivity contribution is 5.71. The van der Waals surface area contributed by atoms with Gasteiger partial charge in [-0.2, -0.15) is 5.26 Å². The minimum atomic E-state index is -0.526. The summed E-state index contributed by atoms with van der Waals surface area (Å²) < 4.78 is 10.6. The predicted molar refractivity (Wildman–Crippen MR) is 104 cm³/mol. The lowest BCUT2D eigenvalue weighted by molar-refractivity contribution is -0.155. The number of esters is 1. The summed E-state index contributed by atoms with van der Waals surface area (Å²) in [4.78, 5) is 12.3. The molecule has 0 aliphatic heterocycles. The van der Waals surface area contributed by atoms with E-state index in [-0.39, 0.29) is 18.4 Å². The molecule has 2 rings (SSSR count). The van der Waals surface area contributed by atoms with Crippen molar-refractivity contribution < 1.29 is 14.3 Å². The highest BCUT2D eigenvalue weighted by Gasteiger charge is 2.21. The van der Waals surface area contributed by atoms with Gasteiger partial charge in [0.2, 0.25) is 0 Å². The van der Waals surface area contributed by atoms with Crippen molar-refractivity contribution in [2.45, 2.75) is 45.4 Å². The number of carbonyl (C=O) groups is 1. The van der Waals surface area contributed by atoms with E-state index in [0.717, 1.165) is 16.9 Å². The molecule has 0 aromatic heterocycles. The number of methoxy groups -OCH3 is 1. The van der Waals surface area contributed by atoms with E-state index in [2.05, 4.69) is 11.4 Å². The van der Waals surface area contributed by atoms with Crippen molar-refractivity contribution in [3.8, 4) is 11.8 Å². The van der Waals surface area contributed by atoms with Crippen LogP contribution in [0.4, 0.5) is 0 Å². The van der Waals surface area contributed by atoms with Crippen molar-refractivity contribution in [1.29, 1.82) is 5.26 Å². The summed E-state index contributed by atoms with van der Waals surface area (Å²) in [6.07, 6.45) is 0.208. The molecule has 0 aliphatic carbocycles. The topological polar surface area (TPSA) is 71.3 Å². The number of rotatable bonds is 7. The number of benzene rings is 2. The second kappa shape index (κ2) is 9.20. The zero-order valence-corrected chi connectivity index (χ0v) is 16.3. The lowest BCUT2D eigenvalue weighted by Crippen LogP contribution is -2.29. The van der Waals surface area contributed by atoms with E-state index in [9.17, 15) is 4.79 Å². The lowest BCUT2D eigenvalue weighted by atomic mass is 10.0. The van der Waals surface area contributed by atoms with Crippen molar-refractivity contribution in [1.82, 2.24) is 5.32 Å². The maximum absolute atomic E-state index is 12.3. The third-order valence-corrected chi connectivity index (χ3v) is 3.94. The monoisotopic (exact) mass is 366 g/mol. The third-order valence-electron chi connectivity index (χ3n) is 3.94. The van der Waals surface area contributed by atoms with Crippen LogP contribution in [-0.4, -0.2) is 18.7 Å². The lowest BCUT2D eigenvalue weighted by Gasteiger charge is -2.23. The summed E-state index contributed by atoms with van der Waals surface area (Å²) in [7, 11) is 1.63. The number of carbonyl (C=O) groups excluding carboxylic acids is 1. The van der Waals surface area contributed by atoms with Crippen LogP contribution in [-0.2, 0) is 16.1 Å². The Bertz CT molecular complexity index is 784. The summed E-state index contributed by atoms with van der Waals surface area (Å²) in [6.45, 7) is 6.16. The van der Waals surface area contributed by atoms with Gasteiger partial charge in [-0.25, -0.2) is 0 Å². The molecule has 0 aliphatic rings. The van der Waals surface area contributed by atoms with Gasteiger partial charge in [0, 0.05) is 12.6 Å². The van der Waals surface area contributed by atoms with Gasteiger partial charge in [0.15, 0.2) is 0 Å². The Hall–Kier alpha value is -2.84. The largest absolute Gasteiger partial charge is 0.497 e. The average Bonchev–Trinajstić information content (AvgIpc) is 2.64. The summed E-state index contributed by atoms with van der Waals surface area (Å²) in [5.41, 5.74) is 2.08. The van der Waals surface area contributed by atoms with E-state index in [1.807, 2.05) is 57.2 Å². The van der Waals surface area contributed by atoms with Crippen molar-refractivity contribution in [3.63, 3.8) is 0 Å². The molecule has 1 atom stereocenters.